The van der Waals surface area contributed by atoms with Crippen LogP contribution in [0.25, 0.3) is 0 Å². The number of amides is 1. The summed E-state index contributed by atoms with van der Waals surface area (Å²) in [4.78, 5) is 25.7. The number of fused-ring (bicyclic) bond motifs is 1. The fourth-order valence-corrected chi connectivity index (χ4v) is 4.03. The molecule has 4 nitrogen and oxygen atoms in total. The molecule has 2 aromatic rings. The molecule has 0 radical (unpaired) electrons. The second-order valence-electron chi connectivity index (χ2n) is 6.56. The van der Waals surface area contributed by atoms with E-state index < -0.39 is 5.41 Å². The van der Waals surface area contributed by atoms with Gasteiger partial charge in [0.25, 0.3) is 0 Å². The van der Waals surface area contributed by atoms with Crippen molar-refractivity contribution in [3.8, 4) is 0 Å². The van der Waals surface area contributed by atoms with E-state index >= 15 is 0 Å². The highest BCUT2D eigenvalue weighted by molar-refractivity contribution is 5.94. The van der Waals surface area contributed by atoms with Crippen LogP contribution in [0, 0.1) is 0 Å². The summed E-state index contributed by atoms with van der Waals surface area (Å²) >= 11 is 0. The maximum atomic E-state index is 13.3. The average Bonchev–Trinajstić information content (AvgIpc) is 2.68. The zero-order valence-electron chi connectivity index (χ0n) is 15.3. The smallest absolute Gasteiger partial charge is 0.313 e. The van der Waals surface area contributed by atoms with Crippen molar-refractivity contribution in [2.75, 3.05) is 13.2 Å². The van der Waals surface area contributed by atoms with Gasteiger partial charge >= 0.3 is 5.97 Å². The van der Waals surface area contributed by atoms with Gasteiger partial charge in [-0.2, -0.15) is 0 Å². The highest BCUT2D eigenvalue weighted by atomic mass is 16.5. The number of benzene rings is 2. The monoisotopic (exact) mass is 351 g/mol. The van der Waals surface area contributed by atoms with Crippen molar-refractivity contribution in [1.82, 2.24) is 5.32 Å². The summed E-state index contributed by atoms with van der Waals surface area (Å²) in [7, 11) is 0. The summed E-state index contributed by atoms with van der Waals surface area (Å²) in [6.07, 6.45) is 1.16. The molecule has 0 heterocycles. The van der Waals surface area contributed by atoms with Gasteiger partial charge in [-0.15, -0.1) is 0 Å². The van der Waals surface area contributed by atoms with Crippen molar-refractivity contribution in [2.45, 2.75) is 38.0 Å². The normalized spacial score (nSPS) is 21.5. The first-order valence-electron chi connectivity index (χ1n) is 9.25. The molecular weight excluding hydrogens is 326 g/mol. The Morgan fingerprint density at radius 2 is 1.77 bits per heavy atom. The van der Waals surface area contributed by atoms with E-state index in [0.717, 1.165) is 16.7 Å². The van der Waals surface area contributed by atoms with Gasteiger partial charge in [-0.1, -0.05) is 54.6 Å². The lowest BCUT2D eigenvalue weighted by Gasteiger charge is -2.40. The van der Waals surface area contributed by atoms with Crippen molar-refractivity contribution in [2.24, 2.45) is 0 Å². The first-order valence-corrected chi connectivity index (χ1v) is 9.25. The van der Waals surface area contributed by atoms with Gasteiger partial charge in [0, 0.05) is 6.54 Å². The third kappa shape index (κ3) is 3.00. The molecule has 0 spiro atoms. The molecule has 3 rings (SSSR count). The summed E-state index contributed by atoms with van der Waals surface area (Å²) in [6, 6.07) is 17.6. The average molecular weight is 351 g/mol. The van der Waals surface area contributed by atoms with E-state index in [9.17, 15) is 9.59 Å². The molecule has 4 heteroatoms. The van der Waals surface area contributed by atoms with Crippen LogP contribution in [0.5, 0.6) is 0 Å². The number of likely N-dealkylation sites (N-methyl/N-ethyl adjacent to an activating group) is 1. The van der Waals surface area contributed by atoms with Crippen molar-refractivity contribution in [1.29, 1.82) is 0 Å². The molecule has 1 aliphatic carbocycles. The molecule has 2 aromatic carbocycles. The van der Waals surface area contributed by atoms with Crippen LogP contribution in [-0.2, 0) is 19.7 Å². The molecule has 0 bridgehead atoms. The van der Waals surface area contributed by atoms with Gasteiger partial charge in [0.15, 0.2) is 0 Å². The topological polar surface area (TPSA) is 55.4 Å². The van der Waals surface area contributed by atoms with Gasteiger partial charge in [0.1, 0.15) is 0 Å². The summed E-state index contributed by atoms with van der Waals surface area (Å²) < 4.78 is 5.28. The summed E-state index contributed by atoms with van der Waals surface area (Å²) in [5.41, 5.74) is 1.98. The van der Waals surface area contributed by atoms with Gasteiger partial charge in [-0.25, -0.2) is 0 Å². The lowest BCUT2D eigenvalue weighted by atomic mass is 9.62. The number of hydrogen-bond donors (Lipinski definition) is 1. The Balaban J connectivity index is 2.18. The fraction of sp³-hybridized carbons (Fsp3) is 0.364. The molecule has 1 unspecified atom stereocenters. The van der Waals surface area contributed by atoms with Crippen molar-refractivity contribution in [3.05, 3.63) is 71.3 Å². The van der Waals surface area contributed by atoms with Gasteiger partial charge in [-0.3, -0.25) is 9.59 Å². The molecule has 26 heavy (non-hydrogen) atoms. The van der Waals surface area contributed by atoms with Crippen LogP contribution >= 0.6 is 0 Å². The van der Waals surface area contributed by atoms with E-state index in [2.05, 4.69) is 5.32 Å². The molecule has 136 valence electrons. The molecule has 0 saturated heterocycles. The first kappa shape index (κ1) is 18.2. The molecular formula is C22H25NO3. The van der Waals surface area contributed by atoms with E-state index in [0.29, 0.717) is 26.0 Å². The largest absolute Gasteiger partial charge is 0.466 e. The maximum Gasteiger partial charge on any atom is 0.313 e. The third-order valence-corrected chi connectivity index (χ3v) is 5.17. The lowest BCUT2D eigenvalue weighted by Crippen LogP contribution is -2.48. The molecule has 0 aliphatic heterocycles. The minimum absolute atomic E-state index is 0.0130. The number of ether oxygens (including phenoxy) is 1. The van der Waals surface area contributed by atoms with Crippen LogP contribution in [0.15, 0.2) is 54.6 Å². The number of hydrogen-bond acceptors (Lipinski definition) is 3. The fourth-order valence-electron chi connectivity index (χ4n) is 4.03. The minimum atomic E-state index is -0.781. The van der Waals surface area contributed by atoms with E-state index in [1.54, 1.807) is 0 Å². The predicted octanol–water partition coefficient (Wildman–Crippen LogP) is 3.55. The summed E-state index contributed by atoms with van der Waals surface area (Å²) in [5, 5.41) is 3.01. The minimum Gasteiger partial charge on any atom is -0.466 e. The Morgan fingerprint density at radius 1 is 1.08 bits per heavy atom. The molecule has 1 aliphatic rings. The van der Waals surface area contributed by atoms with Crippen molar-refractivity contribution in [3.63, 3.8) is 0 Å². The number of carbonyl (C=O) groups excluding carboxylic acids is 2. The maximum absolute atomic E-state index is 13.3. The Labute approximate surface area is 154 Å². The zero-order valence-corrected chi connectivity index (χ0v) is 15.3. The van der Waals surface area contributed by atoms with Gasteiger partial charge in [0.2, 0.25) is 5.91 Å². The number of carbonyl (C=O) groups is 2. The van der Waals surface area contributed by atoms with Gasteiger partial charge in [-0.05, 0) is 43.4 Å². The Bertz CT molecular complexity index is 787. The van der Waals surface area contributed by atoms with Crippen LogP contribution in [0.1, 0.15) is 49.3 Å². The number of rotatable bonds is 5. The van der Waals surface area contributed by atoms with Gasteiger partial charge < -0.3 is 10.1 Å². The van der Waals surface area contributed by atoms with Crippen LogP contribution in [0.4, 0.5) is 0 Å². The van der Waals surface area contributed by atoms with Gasteiger partial charge in [0.05, 0.1) is 17.9 Å². The van der Waals surface area contributed by atoms with E-state index in [1.807, 2.05) is 68.4 Å². The molecule has 0 aromatic heterocycles. The molecule has 2 atom stereocenters. The number of esters is 1. The first-order chi connectivity index (χ1) is 12.6. The SMILES string of the molecule is CCNC(=O)C1(c2ccccc2)CC[C@H](C(=O)OCC)c2ccccc21. The van der Waals surface area contributed by atoms with Crippen LogP contribution in [0.3, 0.4) is 0 Å². The molecule has 0 fully saturated rings. The van der Waals surface area contributed by atoms with Crippen molar-refractivity contribution >= 4 is 11.9 Å². The second kappa shape index (κ2) is 7.73. The highest BCUT2D eigenvalue weighted by Gasteiger charge is 2.48. The van der Waals surface area contributed by atoms with Crippen LogP contribution in [0.2, 0.25) is 0 Å². The van der Waals surface area contributed by atoms with E-state index in [4.69, 9.17) is 4.74 Å². The van der Waals surface area contributed by atoms with Crippen LogP contribution < -0.4 is 5.32 Å². The standard InChI is InChI=1S/C22H25NO3/c1-3-23-21(25)22(16-10-6-5-7-11-16)15-14-18(20(24)26-4-2)17-12-8-9-13-19(17)22/h5-13,18H,3-4,14-15H2,1-2H3,(H,23,25)/t18-,22?/m0/s1. The summed E-state index contributed by atoms with van der Waals surface area (Å²) in [6.45, 7) is 4.66. The summed E-state index contributed by atoms with van der Waals surface area (Å²) in [5.74, 6) is -0.545. The molecule has 0 saturated carbocycles. The van der Waals surface area contributed by atoms with Crippen molar-refractivity contribution < 1.29 is 14.3 Å². The highest BCUT2D eigenvalue weighted by Crippen LogP contribution is 2.47. The van der Waals surface area contributed by atoms with Crippen LogP contribution in [-0.4, -0.2) is 25.0 Å². The molecule has 1 N–H and O–H groups in total. The molecule has 1 amide bonds. The number of nitrogens with one attached hydrogen (secondary N) is 1. The second-order valence-corrected chi connectivity index (χ2v) is 6.56. The lowest BCUT2D eigenvalue weighted by molar-refractivity contribution is -0.145. The Hall–Kier alpha value is -2.62. The third-order valence-electron chi connectivity index (χ3n) is 5.17. The quantitative estimate of drug-likeness (QED) is 0.838. The van der Waals surface area contributed by atoms with E-state index in [-0.39, 0.29) is 17.8 Å². The zero-order chi connectivity index (χ0) is 18.6. The Morgan fingerprint density at radius 3 is 2.46 bits per heavy atom. The Kier molecular flexibility index (Phi) is 5.40. The predicted molar refractivity (Wildman–Crippen MR) is 101 cm³/mol. The van der Waals surface area contributed by atoms with E-state index in [1.165, 1.54) is 0 Å².